The highest BCUT2D eigenvalue weighted by Crippen LogP contribution is 2.30. The predicted octanol–water partition coefficient (Wildman–Crippen LogP) is 11.3. The summed E-state index contributed by atoms with van der Waals surface area (Å²) in [4.78, 5) is 13.3. The van der Waals surface area contributed by atoms with Crippen molar-refractivity contribution in [1.82, 2.24) is 5.32 Å². The van der Waals surface area contributed by atoms with Crippen molar-refractivity contribution < 1.29 is 64.6 Å². The van der Waals surface area contributed by atoms with Gasteiger partial charge < -0.3 is 65.1 Å². The maximum Gasteiger partial charge on any atom is 0.220 e. The highest BCUT2D eigenvalue weighted by molar-refractivity contribution is 5.76. The number of ether oxygens (including phenoxy) is 4. The van der Waals surface area contributed by atoms with Gasteiger partial charge in [0.15, 0.2) is 12.6 Å². The lowest BCUT2D eigenvalue weighted by molar-refractivity contribution is -0.359. The molecule has 446 valence electrons. The van der Waals surface area contributed by atoms with E-state index in [2.05, 4.69) is 19.2 Å². The number of amides is 1. The Kier molecular flexibility index (Phi) is 44.6. The van der Waals surface area contributed by atoms with Gasteiger partial charge in [-0.3, -0.25) is 4.79 Å². The van der Waals surface area contributed by atoms with Gasteiger partial charge in [-0.05, 0) is 12.8 Å². The van der Waals surface area contributed by atoms with Crippen molar-refractivity contribution in [2.45, 2.75) is 364 Å². The number of carbonyl (C=O) groups excluding carboxylic acids is 1. The van der Waals surface area contributed by atoms with Crippen LogP contribution >= 0.6 is 0 Å². The van der Waals surface area contributed by atoms with Gasteiger partial charge in [-0.1, -0.05) is 271 Å². The first kappa shape index (κ1) is 70.1. The van der Waals surface area contributed by atoms with E-state index in [4.69, 9.17) is 18.9 Å². The van der Waals surface area contributed by atoms with Crippen LogP contribution in [0.25, 0.3) is 0 Å². The van der Waals surface area contributed by atoms with E-state index in [0.29, 0.717) is 12.8 Å². The molecule has 0 aromatic rings. The second kappa shape index (κ2) is 47.8. The summed E-state index contributed by atoms with van der Waals surface area (Å²) >= 11 is 0. The van der Waals surface area contributed by atoms with Gasteiger partial charge in [0, 0.05) is 6.42 Å². The number of unbranched alkanes of at least 4 members (excludes halogenated alkanes) is 39. The van der Waals surface area contributed by atoms with E-state index >= 15 is 0 Å². The van der Waals surface area contributed by atoms with Crippen molar-refractivity contribution in [3.8, 4) is 0 Å². The van der Waals surface area contributed by atoms with Gasteiger partial charge in [0.25, 0.3) is 0 Å². The Morgan fingerprint density at radius 2 is 0.760 bits per heavy atom. The fourth-order valence-electron chi connectivity index (χ4n) is 10.9. The Morgan fingerprint density at radius 1 is 0.427 bits per heavy atom. The maximum absolute atomic E-state index is 13.3. The molecule has 0 radical (unpaired) electrons. The lowest BCUT2D eigenvalue weighted by Gasteiger charge is -2.46. The summed E-state index contributed by atoms with van der Waals surface area (Å²) in [5, 5.41) is 87.3. The SMILES string of the molecule is CCCCCCCCCCCCCCCCCCCCCCCCCCCCCC(=O)N[C@@H](CO[C@@H]1O[C@H](CO)[C@@H](O[C@@H]2O[C@H](CO)[C@H](O)C(O)C2O)C(O)C1O)[C@H](O)CCCCCCCCCCCCCCCC. The van der Waals surface area contributed by atoms with Crippen LogP contribution in [0.1, 0.15) is 290 Å². The zero-order chi connectivity index (χ0) is 54.6. The van der Waals surface area contributed by atoms with Crippen molar-refractivity contribution in [3.05, 3.63) is 0 Å². The minimum Gasteiger partial charge on any atom is -0.394 e. The molecule has 75 heavy (non-hydrogen) atoms. The Hall–Kier alpha value is -1.01. The normalized spacial score (nSPS) is 24.9. The molecular formula is C61H119NO13. The number of nitrogens with one attached hydrogen (secondary N) is 1. The third-order valence-corrected chi connectivity index (χ3v) is 16.1. The van der Waals surface area contributed by atoms with Crippen LogP contribution in [0.4, 0.5) is 0 Å². The zero-order valence-corrected chi connectivity index (χ0v) is 48.1. The second-order valence-electron chi connectivity index (χ2n) is 22.9. The van der Waals surface area contributed by atoms with Gasteiger partial charge in [0.1, 0.15) is 48.8 Å². The number of aliphatic hydroxyl groups is 8. The fourth-order valence-corrected chi connectivity index (χ4v) is 10.9. The monoisotopic (exact) mass is 1070 g/mol. The summed E-state index contributed by atoms with van der Waals surface area (Å²) < 4.78 is 22.8. The Balaban J connectivity index is 1.67. The highest BCUT2D eigenvalue weighted by Gasteiger charge is 2.51. The molecule has 0 aromatic heterocycles. The summed E-state index contributed by atoms with van der Waals surface area (Å²) in [5.74, 6) is -0.199. The Morgan fingerprint density at radius 3 is 1.13 bits per heavy atom. The summed E-state index contributed by atoms with van der Waals surface area (Å²) in [7, 11) is 0. The zero-order valence-electron chi connectivity index (χ0n) is 48.1. The third kappa shape index (κ3) is 33.4. The van der Waals surface area contributed by atoms with Crippen LogP contribution in [0.15, 0.2) is 0 Å². The number of hydrogen-bond acceptors (Lipinski definition) is 13. The summed E-state index contributed by atoms with van der Waals surface area (Å²) in [6, 6.07) is -0.822. The van der Waals surface area contributed by atoms with E-state index in [9.17, 15) is 45.6 Å². The summed E-state index contributed by atoms with van der Waals surface area (Å²) in [6.07, 6.45) is 36.9. The predicted molar refractivity (Wildman–Crippen MR) is 300 cm³/mol. The van der Waals surface area contributed by atoms with Crippen LogP contribution in [0.3, 0.4) is 0 Å². The van der Waals surface area contributed by atoms with Gasteiger partial charge in [0.2, 0.25) is 5.91 Å². The van der Waals surface area contributed by atoms with Crippen LogP contribution in [0, 0.1) is 0 Å². The lowest BCUT2D eigenvalue weighted by atomic mass is 9.97. The van der Waals surface area contributed by atoms with E-state index in [-0.39, 0.29) is 12.5 Å². The van der Waals surface area contributed by atoms with E-state index in [1.165, 1.54) is 212 Å². The smallest absolute Gasteiger partial charge is 0.220 e. The summed E-state index contributed by atoms with van der Waals surface area (Å²) in [6.45, 7) is 2.90. The second-order valence-corrected chi connectivity index (χ2v) is 22.9. The highest BCUT2D eigenvalue weighted by atomic mass is 16.7. The quantitative estimate of drug-likeness (QED) is 0.0259. The van der Waals surface area contributed by atoms with E-state index in [0.717, 1.165) is 51.4 Å². The number of aliphatic hydroxyl groups excluding tert-OH is 8. The summed E-state index contributed by atoms with van der Waals surface area (Å²) in [5.41, 5.74) is 0. The van der Waals surface area contributed by atoms with Gasteiger partial charge in [-0.2, -0.15) is 0 Å². The average Bonchev–Trinajstić information content (AvgIpc) is 3.41. The van der Waals surface area contributed by atoms with Crippen molar-refractivity contribution in [2.24, 2.45) is 0 Å². The van der Waals surface area contributed by atoms with Crippen LogP contribution in [-0.4, -0.2) is 140 Å². The fraction of sp³-hybridized carbons (Fsp3) is 0.984. The number of rotatable bonds is 52. The maximum atomic E-state index is 13.3. The molecule has 12 atom stereocenters. The first-order valence-corrected chi connectivity index (χ1v) is 31.8. The molecule has 14 heteroatoms. The van der Waals surface area contributed by atoms with E-state index < -0.39 is 86.8 Å². The Labute approximate surface area is 457 Å². The Bertz CT molecular complexity index is 1270. The molecule has 2 aliphatic rings. The van der Waals surface area contributed by atoms with Crippen LogP contribution in [0.2, 0.25) is 0 Å². The molecule has 2 fully saturated rings. The molecule has 2 rings (SSSR count). The molecule has 9 N–H and O–H groups in total. The van der Waals surface area contributed by atoms with Crippen molar-refractivity contribution in [2.75, 3.05) is 19.8 Å². The van der Waals surface area contributed by atoms with Gasteiger partial charge in [-0.25, -0.2) is 0 Å². The third-order valence-electron chi connectivity index (χ3n) is 16.1. The molecule has 1 amide bonds. The topological polar surface area (TPSA) is 228 Å². The molecule has 2 saturated heterocycles. The first-order valence-electron chi connectivity index (χ1n) is 31.8. The van der Waals surface area contributed by atoms with Crippen molar-refractivity contribution in [1.29, 1.82) is 0 Å². The van der Waals surface area contributed by atoms with Gasteiger partial charge in [-0.15, -0.1) is 0 Å². The standard InChI is InChI=1S/C61H119NO13/c1-3-5-7-9-11-13-15-17-19-20-21-22-23-24-25-26-27-28-29-30-31-33-35-37-39-41-43-45-53(66)62-49(50(65)44-42-40-38-36-34-32-18-16-14-12-10-8-6-4-2)48-72-60-58(71)56(69)59(52(47-64)74-60)75-61-57(70)55(68)54(67)51(46-63)73-61/h49-52,54-61,63-65,67-71H,3-48H2,1-2H3,(H,62,66)/t49-,50+,51+,52+,54-,55?,56?,57?,58?,59+,60+,61-/m0/s1. The van der Waals surface area contributed by atoms with Crippen LogP contribution < -0.4 is 5.32 Å². The lowest BCUT2D eigenvalue weighted by Crippen LogP contribution is -2.65. The van der Waals surface area contributed by atoms with Crippen molar-refractivity contribution >= 4 is 5.91 Å². The van der Waals surface area contributed by atoms with Gasteiger partial charge >= 0.3 is 0 Å². The molecule has 2 heterocycles. The van der Waals surface area contributed by atoms with Gasteiger partial charge in [0.05, 0.1) is 32.0 Å². The van der Waals surface area contributed by atoms with Crippen LogP contribution in [0.5, 0.6) is 0 Å². The first-order chi connectivity index (χ1) is 36.6. The molecule has 0 bridgehead atoms. The molecular weight excluding hydrogens is 955 g/mol. The molecule has 0 saturated carbocycles. The largest absolute Gasteiger partial charge is 0.394 e. The minimum atomic E-state index is -1.78. The number of carbonyl (C=O) groups is 1. The molecule has 4 unspecified atom stereocenters. The number of hydrogen-bond donors (Lipinski definition) is 9. The van der Waals surface area contributed by atoms with E-state index in [1.54, 1.807) is 0 Å². The molecule has 0 aliphatic carbocycles. The molecule has 14 nitrogen and oxygen atoms in total. The van der Waals surface area contributed by atoms with Crippen molar-refractivity contribution in [3.63, 3.8) is 0 Å². The molecule has 2 aliphatic heterocycles. The average molecular weight is 1070 g/mol. The molecule has 0 spiro atoms. The molecule has 0 aromatic carbocycles. The minimum absolute atomic E-state index is 0.199. The van der Waals surface area contributed by atoms with E-state index in [1.807, 2.05) is 0 Å². The van der Waals surface area contributed by atoms with Crippen LogP contribution in [-0.2, 0) is 23.7 Å².